The van der Waals surface area contributed by atoms with Crippen molar-refractivity contribution < 1.29 is 9.47 Å². The highest BCUT2D eigenvalue weighted by Gasteiger charge is 2.18. The Bertz CT molecular complexity index is 408. The van der Waals surface area contributed by atoms with Gasteiger partial charge in [0, 0.05) is 25.7 Å². The first-order valence-corrected chi connectivity index (χ1v) is 6.12. The minimum absolute atomic E-state index is 0.350. The molecule has 4 heteroatoms. The highest BCUT2D eigenvalue weighted by Crippen LogP contribution is 2.32. The van der Waals surface area contributed by atoms with Gasteiger partial charge < -0.3 is 19.7 Å². The molecule has 0 saturated carbocycles. The topological polar surface area (TPSA) is 33.7 Å². The van der Waals surface area contributed by atoms with Crippen molar-refractivity contribution in [3.05, 3.63) is 23.8 Å². The van der Waals surface area contributed by atoms with E-state index in [0.29, 0.717) is 12.8 Å². The number of likely N-dealkylation sites (N-methyl/N-ethyl adjacent to an activating group) is 1. The van der Waals surface area contributed by atoms with Gasteiger partial charge in [0.1, 0.15) is 0 Å². The summed E-state index contributed by atoms with van der Waals surface area (Å²) < 4.78 is 10.7. The zero-order valence-electron chi connectivity index (χ0n) is 10.1. The fraction of sp³-hybridized carbons (Fsp3) is 0.538. The molecule has 2 heterocycles. The SMILES string of the molecule is CN1CCNC(Cc2ccc3c(c2)OCO3)C1. The van der Waals surface area contributed by atoms with Crippen LogP contribution in [0.5, 0.6) is 11.5 Å². The van der Waals surface area contributed by atoms with E-state index in [4.69, 9.17) is 9.47 Å². The molecule has 1 N–H and O–H groups in total. The smallest absolute Gasteiger partial charge is 0.231 e. The van der Waals surface area contributed by atoms with Gasteiger partial charge in [-0.3, -0.25) is 0 Å². The predicted octanol–water partition coefficient (Wildman–Crippen LogP) is 0.861. The van der Waals surface area contributed by atoms with E-state index >= 15 is 0 Å². The molecule has 1 atom stereocenters. The Kier molecular flexibility index (Phi) is 2.91. The van der Waals surface area contributed by atoms with Gasteiger partial charge in [0.15, 0.2) is 11.5 Å². The highest BCUT2D eigenvalue weighted by atomic mass is 16.7. The van der Waals surface area contributed by atoms with Gasteiger partial charge in [0.2, 0.25) is 6.79 Å². The number of nitrogens with one attached hydrogen (secondary N) is 1. The van der Waals surface area contributed by atoms with Crippen molar-refractivity contribution in [1.82, 2.24) is 10.2 Å². The van der Waals surface area contributed by atoms with E-state index in [0.717, 1.165) is 37.6 Å². The molecule has 2 aliphatic heterocycles. The van der Waals surface area contributed by atoms with Crippen molar-refractivity contribution in [2.24, 2.45) is 0 Å². The number of ether oxygens (including phenoxy) is 2. The third-order valence-electron chi connectivity index (χ3n) is 3.38. The Hall–Kier alpha value is -1.26. The van der Waals surface area contributed by atoms with Crippen LogP contribution in [0.15, 0.2) is 18.2 Å². The Labute approximate surface area is 102 Å². The van der Waals surface area contributed by atoms with Crippen LogP contribution in [0.3, 0.4) is 0 Å². The summed E-state index contributed by atoms with van der Waals surface area (Å²) in [5.41, 5.74) is 1.31. The summed E-state index contributed by atoms with van der Waals surface area (Å²) >= 11 is 0. The number of fused-ring (bicyclic) bond motifs is 1. The van der Waals surface area contributed by atoms with Crippen LogP contribution in [-0.2, 0) is 6.42 Å². The summed E-state index contributed by atoms with van der Waals surface area (Å²) in [6.07, 6.45) is 1.04. The van der Waals surface area contributed by atoms with E-state index in [9.17, 15) is 0 Å². The van der Waals surface area contributed by atoms with Gasteiger partial charge in [0.25, 0.3) is 0 Å². The largest absolute Gasteiger partial charge is 0.454 e. The molecule has 0 bridgehead atoms. The molecule has 3 rings (SSSR count). The van der Waals surface area contributed by atoms with E-state index in [1.54, 1.807) is 0 Å². The molecule has 1 aromatic carbocycles. The molecule has 1 aromatic rings. The second-order valence-corrected chi connectivity index (χ2v) is 4.81. The van der Waals surface area contributed by atoms with E-state index in [1.807, 2.05) is 6.07 Å². The lowest BCUT2D eigenvalue weighted by Gasteiger charge is -2.31. The van der Waals surface area contributed by atoms with Crippen molar-refractivity contribution in [3.63, 3.8) is 0 Å². The standard InChI is InChI=1S/C13H18N2O2/c1-15-5-4-14-11(8-15)6-10-2-3-12-13(7-10)17-9-16-12/h2-3,7,11,14H,4-6,8-9H2,1H3. The van der Waals surface area contributed by atoms with Gasteiger partial charge in [-0.2, -0.15) is 0 Å². The lowest BCUT2D eigenvalue weighted by molar-refractivity contribution is 0.174. The number of hydrogen-bond donors (Lipinski definition) is 1. The fourth-order valence-corrected chi connectivity index (χ4v) is 2.48. The molecule has 0 amide bonds. The summed E-state index contributed by atoms with van der Waals surface area (Å²) in [6.45, 7) is 3.67. The maximum absolute atomic E-state index is 5.40. The zero-order valence-corrected chi connectivity index (χ0v) is 10.1. The number of hydrogen-bond acceptors (Lipinski definition) is 4. The van der Waals surface area contributed by atoms with Crippen molar-refractivity contribution >= 4 is 0 Å². The van der Waals surface area contributed by atoms with Crippen LogP contribution in [-0.4, -0.2) is 44.4 Å². The van der Waals surface area contributed by atoms with Crippen LogP contribution in [0.2, 0.25) is 0 Å². The first-order valence-electron chi connectivity index (χ1n) is 6.12. The first kappa shape index (κ1) is 10.9. The normalized spacial score (nSPS) is 23.9. The van der Waals surface area contributed by atoms with Crippen molar-refractivity contribution in [2.45, 2.75) is 12.5 Å². The minimum atomic E-state index is 0.350. The second kappa shape index (κ2) is 4.55. The molecule has 1 saturated heterocycles. The minimum Gasteiger partial charge on any atom is -0.454 e. The molecule has 2 aliphatic rings. The first-order chi connectivity index (χ1) is 8.31. The molecule has 0 spiro atoms. The molecule has 0 radical (unpaired) electrons. The van der Waals surface area contributed by atoms with E-state index in [1.165, 1.54) is 5.56 Å². The van der Waals surface area contributed by atoms with Crippen LogP contribution in [0.4, 0.5) is 0 Å². The average molecular weight is 234 g/mol. The quantitative estimate of drug-likeness (QED) is 0.823. The summed E-state index contributed by atoms with van der Waals surface area (Å²) in [5.74, 6) is 1.74. The number of nitrogens with zero attached hydrogens (tertiary/aromatic N) is 1. The zero-order chi connectivity index (χ0) is 11.7. The molecule has 92 valence electrons. The molecule has 1 fully saturated rings. The maximum Gasteiger partial charge on any atom is 0.231 e. The maximum atomic E-state index is 5.40. The van der Waals surface area contributed by atoms with Crippen LogP contribution < -0.4 is 14.8 Å². The summed E-state index contributed by atoms with van der Waals surface area (Å²) in [4.78, 5) is 2.37. The van der Waals surface area contributed by atoms with Gasteiger partial charge in [-0.1, -0.05) is 6.07 Å². The Morgan fingerprint density at radius 1 is 1.35 bits per heavy atom. The van der Waals surface area contributed by atoms with Gasteiger partial charge in [-0.25, -0.2) is 0 Å². The molecular weight excluding hydrogens is 216 g/mol. The highest BCUT2D eigenvalue weighted by molar-refractivity contribution is 5.44. The molecule has 4 nitrogen and oxygen atoms in total. The fourth-order valence-electron chi connectivity index (χ4n) is 2.48. The third-order valence-corrected chi connectivity index (χ3v) is 3.38. The second-order valence-electron chi connectivity index (χ2n) is 4.81. The van der Waals surface area contributed by atoms with Crippen molar-refractivity contribution in [3.8, 4) is 11.5 Å². The van der Waals surface area contributed by atoms with Crippen LogP contribution in [0.25, 0.3) is 0 Å². The predicted molar refractivity (Wildman–Crippen MR) is 65.6 cm³/mol. The van der Waals surface area contributed by atoms with Gasteiger partial charge in [0.05, 0.1) is 0 Å². The summed E-state index contributed by atoms with van der Waals surface area (Å²) in [6, 6.07) is 6.77. The Morgan fingerprint density at radius 2 is 2.24 bits per heavy atom. The lowest BCUT2D eigenvalue weighted by atomic mass is 10.0. The monoisotopic (exact) mass is 234 g/mol. The molecule has 0 aromatic heterocycles. The number of rotatable bonds is 2. The summed E-state index contributed by atoms with van der Waals surface area (Å²) in [7, 11) is 2.17. The average Bonchev–Trinajstić information content (AvgIpc) is 2.76. The van der Waals surface area contributed by atoms with Crippen molar-refractivity contribution in [2.75, 3.05) is 33.5 Å². The molecular formula is C13H18N2O2. The Morgan fingerprint density at radius 3 is 3.12 bits per heavy atom. The third kappa shape index (κ3) is 2.37. The van der Waals surface area contributed by atoms with E-state index in [-0.39, 0.29) is 0 Å². The summed E-state index contributed by atoms with van der Waals surface area (Å²) in [5, 5.41) is 3.55. The van der Waals surface area contributed by atoms with Gasteiger partial charge >= 0.3 is 0 Å². The van der Waals surface area contributed by atoms with Gasteiger partial charge in [-0.15, -0.1) is 0 Å². The Balaban J connectivity index is 1.68. The lowest BCUT2D eigenvalue weighted by Crippen LogP contribution is -2.49. The van der Waals surface area contributed by atoms with Crippen LogP contribution in [0, 0.1) is 0 Å². The van der Waals surface area contributed by atoms with E-state index < -0.39 is 0 Å². The molecule has 1 unspecified atom stereocenters. The van der Waals surface area contributed by atoms with Crippen LogP contribution >= 0.6 is 0 Å². The number of piperazine rings is 1. The van der Waals surface area contributed by atoms with Crippen LogP contribution in [0.1, 0.15) is 5.56 Å². The van der Waals surface area contributed by atoms with Crippen molar-refractivity contribution in [1.29, 1.82) is 0 Å². The molecule has 17 heavy (non-hydrogen) atoms. The van der Waals surface area contributed by atoms with E-state index in [2.05, 4.69) is 29.4 Å². The molecule has 0 aliphatic carbocycles. The number of benzene rings is 1. The van der Waals surface area contributed by atoms with Gasteiger partial charge in [-0.05, 0) is 31.2 Å².